The first-order valence-corrected chi connectivity index (χ1v) is 7.57. The van der Waals surface area contributed by atoms with Crippen LogP contribution in [0.4, 0.5) is 13.2 Å². The lowest BCUT2D eigenvalue weighted by Gasteiger charge is -2.31. The van der Waals surface area contributed by atoms with Crippen LogP contribution in [0, 0.1) is 23.4 Å². The van der Waals surface area contributed by atoms with Crippen molar-refractivity contribution < 1.29 is 13.2 Å². The molecule has 0 radical (unpaired) electrons. The summed E-state index contributed by atoms with van der Waals surface area (Å²) in [6.45, 7) is 7.47. The molecule has 1 atom stereocenters. The minimum atomic E-state index is -1.15. The first-order valence-electron chi connectivity index (χ1n) is 7.57. The molecular weight excluding hydrogens is 277 g/mol. The van der Waals surface area contributed by atoms with E-state index in [1.54, 1.807) is 0 Å². The predicted octanol–water partition coefficient (Wildman–Crippen LogP) is 3.31. The topological polar surface area (TPSA) is 15.3 Å². The van der Waals surface area contributed by atoms with Crippen LogP contribution in [0.15, 0.2) is 12.1 Å². The highest BCUT2D eigenvalue weighted by Gasteiger charge is 2.24. The summed E-state index contributed by atoms with van der Waals surface area (Å²) in [7, 11) is 0. The van der Waals surface area contributed by atoms with Crippen molar-refractivity contribution in [1.82, 2.24) is 10.2 Å². The lowest BCUT2D eigenvalue weighted by molar-refractivity contribution is 0.186. The Hall–Kier alpha value is -1.07. The normalized spacial score (nSPS) is 17.6. The molecule has 0 aliphatic carbocycles. The quantitative estimate of drug-likeness (QED) is 0.811. The minimum Gasteiger partial charge on any atom is -0.311 e. The molecule has 1 fully saturated rings. The van der Waals surface area contributed by atoms with E-state index >= 15 is 0 Å². The van der Waals surface area contributed by atoms with Gasteiger partial charge in [0, 0.05) is 30.8 Å². The second-order valence-corrected chi connectivity index (χ2v) is 6.04. The molecule has 2 rings (SSSR count). The molecule has 1 saturated heterocycles. The van der Waals surface area contributed by atoms with E-state index in [4.69, 9.17) is 0 Å². The molecule has 21 heavy (non-hydrogen) atoms. The average Bonchev–Trinajstić information content (AvgIpc) is 2.93. The number of nitrogens with one attached hydrogen (secondary N) is 1. The molecule has 1 aliphatic heterocycles. The van der Waals surface area contributed by atoms with Gasteiger partial charge in [-0.05, 0) is 37.9 Å². The highest BCUT2D eigenvalue weighted by Crippen LogP contribution is 2.18. The molecule has 1 aromatic carbocycles. The fraction of sp³-hybridized carbons (Fsp3) is 0.625. The number of rotatable bonds is 6. The second kappa shape index (κ2) is 7.27. The van der Waals surface area contributed by atoms with Crippen LogP contribution in [0.25, 0.3) is 0 Å². The average molecular weight is 300 g/mol. The Labute approximate surface area is 124 Å². The number of nitrogens with zero attached hydrogens (tertiary/aromatic N) is 1. The Balaban J connectivity index is 1.91. The molecule has 0 saturated carbocycles. The Kier molecular flexibility index (Phi) is 5.65. The Morgan fingerprint density at radius 3 is 2.29 bits per heavy atom. The van der Waals surface area contributed by atoms with Gasteiger partial charge in [0.05, 0.1) is 0 Å². The summed E-state index contributed by atoms with van der Waals surface area (Å²) in [6, 6.07) is 1.92. The monoisotopic (exact) mass is 300 g/mol. The van der Waals surface area contributed by atoms with E-state index in [1.165, 1.54) is 12.8 Å². The van der Waals surface area contributed by atoms with E-state index in [1.807, 2.05) is 0 Å². The molecule has 1 aliphatic rings. The van der Waals surface area contributed by atoms with Gasteiger partial charge in [-0.3, -0.25) is 4.90 Å². The first-order chi connectivity index (χ1) is 9.99. The molecule has 5 heteroatoms. The number of benzene rings is 1. The molecule has 1 aromatic rings. The van der Waals surface area contributed by atoms with Crippen molar-refractivity contribution in [3.63, 3.8) is 0 Å². The van der Waals surface area contributed by atoms with Crippen molar-refractivity contribution >= 4 is 0 Å². The Morgan fingerprint density at radius 1 is 1.05 bits per heavy atom. The summed E-state index contributed by atoms with van der Waals surface area (Å²) < 4.78 is 39.6. The molecule has 0 bridgehead atoms. The standard InChI is InChI=1S/C16H23F3N2/c1-11(2)16(21-5-3-4-6-21)10-20-9-12-7-14(18)15(19)8-13(12)17/h7-8,11,16,20H,3-6,9-10H2,1-2H3. The molecular formula is C16H23F3N2. The number of hydrogen-bond acceptors (Lipinski definition) is 2. The van der Waals surface area contributed by atoms with Crippen LogP contribution in [0.2, 0.25) is 0 Å². The number of hydrogen-bond donors (Lipinski definition) is 1. The third-order valence-corrected chi connectivity index (χ3v) is 4.14. The maximum atomic E-state index is 13.6. The highest BCUT2D eigenvalue weighted by atomic mass is 19.2. The van der Waals surface area contributed by atoms with Crippen LogP contribution >= 0.6 is 0 Å². The van der Waals surface area contributed by atoms with Crippen molar-refractivity contribution in [2.75, 3.05) is 19.6 Å². The van der Waals surface area contributed by atoms with Crippen LogP contribution < -0.4 is 5.32 Å². The molecule has 0 amide bonds. The SMILES string of the molecule is CC(C)C(CNCc1cc(F)c(F)cc1F)N1CCCC1. The summed E-state index contributed by atoms with van der Waals surface area (Å²) in [4.78, 5) is 2.44. The molecule has 1 heterocycles. The zero-order valence-electron chi connectivity index (χ0n) is 12.6. The lowest BCUT2D eigenvalue weighted by Crippen LogP contribution is -2.44. The van der Waals surface area contributed by atoms with E-state index in [0.29, 0.717) is 18.0 Å². The predicted molar refractivity (Wildman–Crippen MR) is 77.5 cm³/mol. The van der Waals surface area contributed by atoms with E-state index in [-0.39, 0.29) is 12.1 Å². The van der Waals surface area contributed by atoms with Crippen LogP contribution in [0.3, 0.4) is 0 Å². The van der Waals surface area contributed by atoms with E-state index in [9.17, 15) is 13.2 Å². The zero-order valence-corrected chi connectivity index (χ0v) is 12.6. The van der Waals surface area contributed by atoms with E-state index < -0.39 is 17.5 Å². The van der Waals surface area contributed by atoms with Crippen molar-refractivity contribution in [1.29, 1.82) is 0 Å². The summed E-state index contributed by atoms with van der Waals surface area (Å²) in [5.41, 5.74) is 0.165. The molecule has 1 N–H and O–H groups in total. The van der Waals surface area contributed by atoms with Crippen LogP contribution in [-0.2, 0) is 6.54 Å². The van der Waals surface area contributed by atoms with Gasteiger partial charge in [0.2, 0.25) is 0 Å². The minimum absolute atomic E-state index is 0.165. The Bertz CT molecular complexity index is 471. The maximum absolute atomic E-state index is 13.6. The van der Waals surface area contributed by atoms with Crippen molar-refractivity contribution in [2.45, 2.75) is 39.3 Å². The molecule has 0 aromatic heterocycles. The van der Waals surface area contributed by atoms with Gasteiger partial charge < -0.3 is 5.32 Å². The summed E-state index contributed by atoms with van der Waals surface area (Å²) in [5.74, 6) is -2.37. The molecule has 118 valence electrons. The second-order valence-electron chi connectivity index (χ2n) is 6.04. The van der Waals surface area contributed by atoms with Gasteiger partial charge in [-0.25, -0.2) is 13.2 Å². The summed E-state index contributed by atoms with van der Waals surface area (Å²) in [5, 5.41) is 3.18. The molecule has 0 spiro atoms. The van der Waals surface area contributed by atoms with Gasteiger partial charge in [0.15, 0.2) is 11.6 Å². The van der Waals surface area contributed by atoms with Crippen LogP contribution in [0.1, 0.15) is 32.3 Å². The number of likely N-dealkylation sites (tertiary alicyclic amines) is 1. The van der Waals surface area contributed by atoms with Gasteiger partial charge in [-0.2, -0.15) is 0 Å². The Morgan fingerprint density at radius 2 is 1.67 bits per heavy atom. The highest BCUT2D eigenvalue weighted by molar-refractivity contribution is 5.19. The largest absolute Gasteiger partial charge is 0.311 e. The van der Waals surface area contributed by atoms with Crippen molar-refractivity contribution in [3.8, 4) is 0 Å². The van der Waals surface area contributed by atoms with Crippen molar-refractivity contribution in [3.05, 3.63) is 35.1 Å². The first kappa shape index (κ1) is 16.3. The van der Waals surface area contributed by atoms with Crippen LogP contribution in [0.5, 0.6) is 0 Å². The smallest absolute Gasteiger partial charge is 0.161 e. The van der Waals surface area contributed by atoms with Gasteiger partial charge >= 0.3 is 0 Å². The summed E-state index contributed by atoms with van der Waals surface area (Å²) in [6.07, 6.45) is 2.45. The van der Waals surface area contributed by atoms with Crippen LogP contribution in [-0.4, -0.2) is 30.6 Å². The summed E-state index contributed by atoms with van der Waals surface area (Å²) >= 11 is 0. The fourth-order valence-corrected chi connectivity index (χ4v) is 2.91. The van der Waals surface area contributed by atoms with Gasteiger partial charge in [0.1, 0.15) is 5.82 Å². The molecule has 2 nitrogen and oxygen atoms in total. The third kappa shape index (κ3) is 4.20. The molecule has 1 unspecified atom stereocenters. The zero-order chi connectivity index (χ0) is 15.4. The lowest BCUT2D eigenvalue weighted by atomic mass is 10.0. The number of halogens is 3. The van der Waals surface area contributed by atoms with Gasteiger partial charge in [0.25, 0.3) is 0 Å². The van der Waals surface area contributed by atoms with Gasteiger partial charge in [-0.1, -0.05) is 13.8 Å². The fourth-order valence-electron chi connectivity index (χ4n) is 2.91. The maximum Gasteiger partial charge on any atom is 0.161 e. The van der Waals surface area contributed by atoms with E-state index in [0.717, 1.165) is 25.7 Å². The van der Waals surface area contributed by atoms with E-state index in [2.05, 4.69) is 24.1 Å². The van der Waals surface area contributed by atoms with Gasteiger partial charge in [-0.15, -0.1) is 0 Å². The third-order valence-electron chi connectivity index (χ3n) is 4.14. The van der Waals surface area contributed by atoms with Crippen molar-refractivity contribution in [2.24, 2.45) is 5.92 Å².